The number of nitrogens with one attached hydrogen (secondary N) is 2. The minimum atomic E-state index is -0.0700. The SMILES string of the molecule is O=C(NCCCCO)c1ccc2cc[nH]c2c1. The molecule has 0 spiro atoms. The molecule has 0 saturated carbocycles. The van der Waals surface area contributed by atoms with E-state index in [-0.39, 0.29) is 12.5 Å². The summed E-state index contributed by atoms with van der Waals surface area (Å²) in [6, 6.07) is 7.56. The van der Waals surface area contributed by atoms with Crippen LogP contribution in [0.1, 0.15) is 23.2 Å². The van der Waals surface area contributed by atoms with E-state index in [9.17, 15) is 4.79 Å². The molecular weight excluding hydrogens is 216 g/mol. The van der Waals surface area contributed by atoms with Crippen molar-refractivity contribution in [1.29, 1.82) is 0 Å². The molecule has 1 aromatic heterocycles. The number of carbonyl (C=O) groups excluding carboxylic acids is 1. The van der Waals surface area contributed by atoms with Crippen molar-refractivity contribution in [3.8, 4) is 0 Å². The van der Waals surface area contributed by atoms with Crippen molar-refractivity contribution in [1.82, 2.24) is 10.3 Å². The van der Waals surface area contributed by atoms with Crippen LogP contribution in [0.3, 0.4) is 0 Å². The summed E-state index contributed by atoms with van der Waals surface area (Å²) in [6.45, 7) is 0.770. The predicted molar refractivity (Wildman–Crippen MR) is 67.0 cm³/mol. The first-order valence-corrected chi connectivity index (χ1v) is 5.77. The van der Waals surface area contributed by atoms with Gasteiger partial charge >= 0.3 is 0 Å². The Morgan fingerprint density at radius 1 is 1.29 bits per heavy atom. The Labute approximate surface area is 99.7 Å². The maximum atomic E-state index is 11.8. The van der Waals surface area contributed by atoms with E-state index in [1.165, 1.54) is 0 Å². The summed E-state index contributed by atoms with van der Waals surface area (Å²) in [5, 5.41) is 12.6. The highest BCUT2D eigenvalue weighted by Crippen LogP contribution is 2.13. The molecule has 0 atom stereocenters. The number of hydrogen-bond acceptors (Lipinski definition) is 2. The molecule has 1 heterocycles. The van der Waals surface area contributed by atoms with Crippen molar-refractivity contribution in [2.24, 2.45) is 0 Å². The van der Waals surface area contributed by atoms with Gasteiger partial charge in [0.15, 0.2) is 0 Å². The third-order valence-electron chi connectivity index (χ3n) is 2.69. The molecule has 1 aromatic carbocycles. The van der Waals surface area contributed by atoms with Crippen LogP contribution in [0.15, 0.2) is 30.5 Å². The zero-order valence-electron chi connectivity index (χ0n) is 9.57. The van der Waals surface area contributed by atoms with Crippen molar-refractivity contribution < 1.29 is 9.90 Å². The summed E-state index contributed by atoms with van der Waals surface area (Å²) >= 11 is 0. The molecule has 0 bridgehead atoms. The van der Waals surface area contributed by atoms with Gasteiger partial charge in [-0.05, 0) is 36.4 Å². The lowest BCUT2D eigenvalue weighted by Gasteiger charge is -2.04. The molecule has 0 aliphatic carbocycles. The van der Waals surface area contributed by atoms with Crippen LogP contribution < -0.4 is 5.32 Å². The summed E-state index contributed by atoms with van der Waals surface area (Å²) in [5.41, 5.74) is 1.62. The lowest BCUT2D eigenvalue weighted by molar-refractivity contribution is 0.0952. The monoisotopic (exact) mass is 232 g/mol. The Morgan fingerprint density at radius 3 is 3.00 bits per heavy atom. The summed E-state index contributed by atoms with van der Waals surface area (Å²) in [5.74, 6) is -0.0700. The van der Waals surface area contributed by atoms with E-state index in [0.29, 0.717) is 12.1 Å². The Morgan fingerprint density at radius 2 is 2.18 bits per heavy atom. The van der Waals surface area contributed by atoms with E-state index in [2.05, 4.69) is 10.3 Å². The fraction of sp³-hybridized carbons (Fsp3) is 0.308. The number of aliphatic hydroxyl groups excluding tert-OH is 1. The fourth-order valence-corrected chi connectivity index (χ4v) is 1.73. The van der Waals surface area contributed by atoms with Crippen LogP contribution in [0, 0.1) is 0 Å². The molecule has 0 fully saturated rings. The zero-order chi connectivity index (χ0) is 12.1. The van der Waals surface area contributed by atoms with Crippen LogP contribution in [0.5, 0.6) is 0 Å². The lowest BCUT2D eigenvalue weighted by atomic mass is 10.1. The average Bonchev–Trinajstić information content (AvgIpc) is 2.81. The summed E-state index contributed by atoms with van der Waals surface area (Å²) in [6.07, 6.45) is 3.37. The maximum absolute atomic E-state index is 11.8. The first kappa shape index (κ1) is 11.7. The Balaban J connectivity index is 1.98. The molecule has 4 nitrogen and oxygen atoms in total. The van der Waals surface area contributed by atoms with Crippen LogP contribution in [-0.4, -0.2) is 29.1 Å². The number of hydrogen-bond donors (Lipinski definition) is 3. The highest BCUT2D eigenvalue weighted by atomic mass is 16.2. The first-order chi connectivity index (χ1) is 8.31. The minimum absolute atomic E-state index is 0.0700. The van der Waals surface area contributed by atoms with Gasteiger partial charge < -0.3 is 15.4 Å². The Kier molecular flexibility index (Phi) is 3.77. The number of rotatable bonds is 5. The minimum Gasteiger partial charge on any atom is -0.396 e. The van der Waals surface area contributed by atoms with E-state index >= 15 is 0 Å². The number of aromatic nitrogens is 1. The van der Waals surface area contributed by atoms with Gasteiger partial charge in [0.25, 0.3) is 5.91 Å². The zero-order valence-corrected chi connectivity index (χ0v) is 9.57. The smallest absolute Gasteiger partial charge is 0.251 e. The second kappa shape index (κ2) is 5.50. The van der Waals surface area contributed by atoms with Gasteiger partial charge in [0.1, 0.15) is 0 Å². The number of aromatic amines is 1. The van der Waals surface area contributed by atoms with Crippen molar-refractivity contribution in [2.45, 2.75) is 12.8 Å². The number of amides is 1. The third-order valence-corrected chi connectivity index (χ3v) is 2.69. The fourth-order valence-electron chi connectivity index (χ4n) is 1.73. The van der Waals surface area contributed by atoms with Gasteiger partial charge in [-0.15, -0.1) is 0 Å². The van der Waals surface area contributed by atoms with E-state index in [1.807, 2.05) is 30.5 Å². The standard InChI is InChI=1S/C13H16N2O2/c16-8-2-1-6-15-13(17)11-4-3-10-5-7-14-12(10)9-11/h3-5,7,9,14,16H,1-2,6,8H2,(H,15,17). The van der Waals surface area contributed by atoms with Gasteiger partial charge in [0, 0.05) is 30.4 Å². The third kappa shape index (κ3) is 2.85. The predicted octanol–water partition coefficient (Wildman–Crippen LogP) is 1.67. The highest BCUT2D eigenvalue weighted by Gasteiger charge is 2.05. The van der Waals surface area contributed by atoms with E-state index in [1.54, 1.807) is 0 Å². The number of aliphatic hydroxyl groups is 1. The molecule has 0 aliphatic heterocycles. The molecule has 4 heteroatoms. The quantitative estimate of drug-likeness (QED) is 0.686. The van der Waals surface area contributed by atoms with Crippen molar-refractivity contribution in [2.75, 3.05) is 13.2 Å². The highest BCUT2D eigenvalue weighted by molar-refractivity contribution is 5.97. The number of H-pyrrole nitrogens is 1. The molecular formula is C13H16N2O2. The van der Waals surface area contributed by atoms with Crippen molar-refractivity contribution in [3.05, 3.63) is 36.0 Å². The molecule has 0 saturated heterocycles. The second-order valence-electron chi connectivity index (χ2n) is 3.97. The number of fused-ring (bicyclic) bond motifs is 1. The number of unbranched alkanes of at least 4 members (excludes halogenated alkanes) is 1. The van der Waals surface area contributed by atoms with Gasteiger partial charge in [-0.25, -0.2) is 0 Å². The largest absolute Gasteiger partial charge is 0.396 e. The topological polar surface area (TPSA) is 65.1 Å². The van der Waals surface area contributed by atoms with Crippen molar-refractivity contribution >= 4 is 16.8 Å². The summed E-state index contributed by atoms with van der Waals surface area (Å²) in [7, 11) is 0. The van der Waals surface area contributed by atoms with Gasteiger partial charge in [0.2, 0.25) is 0 Å². The molecule has 17 heavy (non-hydrogen) atoms. The molecule has 0 unspecified atom stereocenters. The lowest BCUT2D eigenvalue weighted by Crippen LogP contribution is -2.24. The summed E-state index contributed by atoms with van der Waals surface area (Å²) < 4.78 is 0. The Hall–Kier alpha value is -1.81. The van der Waals surface area contributed by atoms with E-state index in [0.717, 1.165) is 23.7 Å². The van der Waals surface area contributed by atoms with Gasteiger partial charge in [-0.1, -0.05) is 6.07 Å². The van der Waals surface area contributed by atoms with Gasteiger partial charge in [-0.3, -0.25) is 4.79 Å². The Bertz CT molecular complexity index is 505. The molecule has 2 rings (SSSR count). The normalized spacial score (nSPS) is 10.6. The summed E-state index contributed by atoms with van der Waals surface area (Å²) in [4.78, 5) is 14.9. The molecule has 0 radical (unpaired) electrons. The van der Waals surface area contributed by atoms with Gasteiger partial charge in [0.05, 0.1) is 0 Å². The van der Waals surface area contributed by atoms with Crippen LogP contribution in [-0.2, 0) is 0 Å². The molecule has 1 amide bonds. The molecule has 0 aliphatic rings. The molecule has 2 aromatic rings. The number of benzene rings is 1. The average molecular weight is 232 g/mol. The number of carbonyl (C=O) groups is 1. The van der Waals surface area contributed by atoms with Gasteiger partial charge in [-0.2, -0.15) is 0 Å². The first-order valence-electron chi connectivity index (χ1n) is 5.77. The maximum Gasteiger partial charge on any atom is 0.251 e. The van der Waals surface area contributed by atoms with Crippen LogP contribution in [0.25, 0.3) is 10.9 Å². The van der Waals surface area contributed by atoms with Crippen LogP contribution in [0.4, 0.5) is 0 Å². The molecule has 3 N–H and O–H groups in total. The van der Waals surface area contributed by atoms with Crippen molar-refractivity contribution in [3.63, 3.8) is 0 Å². The van der Waals surface area contributed by atoms with E-state index < -0.39 is 0 Å². The van der Waals surface area contributed by atoms with Crippen LogP contribution >= 0.6 is 0 Å². The second-order valence-corrected chi connectivity index (χ2v) is 3.97. The van der Waals surface area contributed by atoms with E-state index in [4.69, 9.17) is 5.11 Å². The van der Waals surface area contributed by atoms with Crippen LogP contribution in [0.2, 0.25) is 0 Å². The molecule has 90 valence electrons.